The number of carbonyl (C=O) groups excluding carboxylic acids is 1. The van der Waals surface area contributed by atoms with E-state index >= 15 is 0 Å². The van der Waals surface area contributed by atoms with Gasteiger partial charge in [0, 0.05) is 31.6 Å². The van der Waals surface area contributed by atoms with Crippen molar-refractivity contribution in [1.82, 2.24) is 9.62 Å². The van der Waals surface area contributed by atoms with Gasteiger partial charge >= 0.3 is 0 Å². The molecular formula is C17H30ClN3O3S. The number of nitrogens with zero attached hydrogens (tertiary/aromatic N) is 1. The van der Waals surface area contributed by atoms with E-state index in [0.717, 1.165) is 5.56 Å². The number of nitrogens with one attached hydrogen (secondary N) is 1. The van der Waals surface area contributed by atoms with Gasteiger partial charge in [0.15, 0.2) is 0 Å². The lowest BCUT2D eigenvalue weighted by Crippen LogP contribution is -2.48. The molecule has 6 nitrogen and oxygen atoms in total. The Balaban J connectivity index is 0.00000576. The van der Waals surface area contributed by atoms with Gasteiger partial charge in [-0.05, 0) is 38.0 Å². The van der Waals surface area contributed by atoms with Crippen LogP contribution in [0.1, 0.15) is 39.7 Å². The summed E-state index contributed by atoms with van der Waals surface area (Å²) in [6.07, 6.45) is 0.893. The molecule has 0 fully saturated rings. The summed E-state index contributed by atoms with van der Waals surface area (Å²) in [4.78, 5) is 12.2. The van der Waals surface area contributed by atoms with Crippen molar-refractivity contribution in [2.24, 2.45) is 5.73 Å². The minimum Gasteiger partial charge on any atom is -0.350 e. The number of nitrogens with two attached hydrogens (primary N) is 1. The van der Waals surface area contributed by atoms with Crippen LogP contribution in [0.4, 0.5) is 0 Å². The molecule has 25 heavy (non-hydrogen) atoms. The zero-order valence-electron chi connectivity index (χ0n) is 15.4. The quantitative estimate of drug-likeness (QED) is 0.672. The Kier molecular flexibility index (Phi) is 9.64. The van der Waals surface area contributed by atoms with E-state index < -0.39 is 15.6 Å². The summed E-state index contributed by atoms with van der Waals surface area (Å²) in [6, 6.07) is 6.73. The molecule has 3 N–H and O–H groups in total. The zero-order valence-corrected chi connectivity index (χ0v) is 17.0. The van der Waals surface area contributed by atoms with Crippen LogP contribution in [-0.2, 0) is 21.2 Å². The average Bonchev–Trinajstić information content (AvgIpc) is 2.54. The molecule has 8 heteroatoms. The highest BCUT2D eigenvalue weighted by molar-refractivity contribution is 7.89. The molecule has 0 saturated heterocycles. The molecule has 1 aromatic rings. The maximum absolute atomic E-state index is 12.4. The second-order valence-electron chi connectivity index (χ2n) is 6.37. The third-order valence-corrected chi connectivity index (χ3v) is 5.96. The minimum atomic E-state index is -3.44. The highest BCUT2D eigenvalue weighted by Gasteiger charge is 2.21. The Bertz CT molecular complexity index is 642. The minimum absolute atomic E-state index is 0. The first-order valence-electron chi connectivity index (χ1n) is 8.26. The molecule has 0 spiro atoms. The van der Waals surface area contributed by atoms with Crippen molar-refractivity contribution >= 4 is 28.3 Å². The molecule has 0 aliphatic heterocycles. The maximum Gasteiger partial charge on any atom is 0.243 e. The summed E-state index contributed by atoms with van der Waals surface area (Å²) >= 11 is 0. The van der Waals surface area contributed by atoms with Crippen molar-refractivity contribution in [3.8, 4) is 0 Å². The fraction of sp³-hybridized carbons (Fsp3) is 0.588. The maximum atomic E-state index is 12.4. The zero-order chi connectivity index (χ0) is 18.4. The molecule has 0 radical (unpaired) electrons. The van der Waals surface area contributed by atoms with Gasteiger partial charge < -0.3 is 11.1 Å². The van der Waals surface area contributed by atoms with Gasteiger partial charge in [-0.25, -0.2) is 8.42 Å². The summed E-state index contributed by atoms with van der Waals surface area (Å²) in [6.45, 7) is 8.63. The first kappa shape index (κ1) is 23.9. The number of halogens is 1. The molecule has 144 valence electrons. The van der Waals surface area contributed by atoms with Gasteiger partial charge in [0.2, 0.25) is 15.9 Å². The van der Waals surface area contributed by atoms with Crippen LogP contribution >= 0.6 is 12.4 Å². The van der Waals surface area contributed by atoms with Crippen LogP contribution in [-0.4, -0.2) is 43.8 Å². The van der Waals surface area contributed by atoms with Crippen LogP contribution in [0.3, 0.4) is 0 Å². The first-order valence-corrected chi connectivity index (χ1v) is 9.70. The van der Waals surface area contributed by atoms with Gasteiger partial charge in [0.25, 0.3) is 0 Å². The fourth-order valence-corrected chi connectivity index (χ4v) is 3.75. The third-order valence-electron chi connectivity index (χ3n) is 3.90. The molecule has 0 heterocycles. The van der Waals surface area contributed by atoms with Gasteiger partial charge in [0.1, 0.15) is 0 Å². The topological polar surface area (TPSA) is 92.5 Å². The van der Waals surface area contributed by atoms with Crippen molar-refractivity contribution < 1.29 is 13.2 Å². The van der Waals surface area contributed by atoms with Crippen molar-refractivity contribution in [1.29, 1.82) is 0 Å². The van der Waals surface area contributed by atoms with Gasteiger partial charge in [0.05, 0.1) is 4.90 Å². The molecular weight excluding hydrogens is 362 g/mol. The summed E-state index contributed by atoms with van der Waals surface area (Å²) in [5, 5.41) is 2.88. The van der Waals surface area contributed by atoms with Crippen LogP contribution in [0.5, 0.6) is 0 Å². The Morgan fingerprint density at radius 1 is 1.16 bits per heavy atom. The highest BCUT2D eigenvalue weighted by Crippen LogP contribution is 2.17. The van der Waals surface area contributed by atoms with E-state index in [-0.39, 0.29) is 23.2 Å². The molecule has 1 amide bonds. The molecule has 0 aliphatic rings. The van der Waals surface area contributed by atoms with E-state index in [2.05, 4.69) is 5.32 Å². The molecule has 0 unspecified atom stereocenters. The van der Waals surface area contributed by atoms with Gasteiger partial charge in [-0.2, -0.15) is 4.31 Å². The number of hydrogen-bond donors (Lipinski definition) is 2. The van der Waals surface area contributed by atoms with Gasteiger partial charge in [-0.3, -0.25) is 4.79 Å². The second-order valence-corrected chi connectivity index (χ2v) is 8.31. The average molecular weight is 392 g/mol. The number of rotatable bonds is 9. The smallest absolute Gasteiger partial charge is 0.243 e. The van der Waals surface area contributed by atoms with Crippen LogP contribution in [0.15, 0.2) is 29.2 Å². The standard InChI is InChI=1S/C17H29N3O3S.ClH/c1-5-20(6-2)24(22,23)15-10-7-14(8-11-15)9-12-16(21)19-17(3,4)13-18;/h7-8,10-11H,5-6,9,12-13,18H2,1-4H3,(H,19,21);1H. The summed E-state index contributed by atoms with van der Waals surface area (Å²) in [7, 11) is -3.44. The van der Waals surface area contributed by atoms with Gasteiger partial charge in [-0.1, -0.05) is 26.0 Å². The molecule has 0 atom stereocenters. The number of aryl methyl sites for hydroxylation is 1. The number of hydrogen-bond acceptors (Lipinski definition) is 4. The number of amides is 1. The monoisotopic (exact) mass is 391 g/mol. The Morgan fingerprint density at radius 3 is 2.12 bits per heavy atom. The summed E-state index contributed by atoms with van der Waals surface area (Å²) in [5.41, 5.74) is 6.10. The summed E-state index contributed by atoms with van der Waals surface area (Å²) in [5.74, 6) is -0.0645. The lowest BCUT2D eigenvalue weighted by atomic mass is 10.0. The molecule has 0 saturated carbocycles. The van der Waals surface area contributed by atoms with E-state index in [1.807, 2.05) is 27.7 Å². The lowest BCUT2D eigenvalue weighted by molar-refractivity contribution is -0.122. The van der Waals surface area contributed by atoms with Gasteiger partial charge in [-0.15, -0.1) is 12.4 Å². The molecule has 0 aromatic heterocycles. The fourth-order valence-electron chi connectivity index (χ4n) is 2.29. The van der Waals surface area contributed by atoms with Crippen molar-refractivity contribution in [3.05, 3.63) is 29.8 Å². The predicted molar refractivity (Wildman–Crippen MR) is 103 cm³/mol. The Morgan fingerprint density at radius 2 is 1.68 bits per heavy atom. The lowest BCUT2D eigenvalue weighted by Gasteiger charge is -2.24. The van der Waals surface area contributed by atoms with Crippen molar-refractivity contribution in [2.45, 2.75) is 51.0 Å². The molecule has 0 aliphatic carbocycles. The SMILES string of the molecule is CCN(CC)S(=O)(=O)c1ccc(CCC(=O)NC(C)(C)CN)cc1.Cl. The Hall–Kier alpha value is -1.15. The van der Waals surface area contributed by atoms with E-state index in [1.165, 1.54) is 4.31 Å². The van der Waals surface area contributed by atoms with Crippen LogP contribution in [0.2, 0.25) is 0 Å². The van der Waals surface area contributed by atoms with E-state index in [1.54, 1.807) is 24.3 Å². The second kappa shape index (κ2) is 10.1. The van der Waals surface area contributed by atoms with E-state index in [0.29, 0.717) is 32.5 Å². The normalized spacial score (nSPS) is 11.9. The number of carbonyl (C=O) groups is 1. The van der Waals surface area contributed by atoms with Crippen molar-refractivity contribution in [2.75, 3.05) is 19.6 Å². The molecule has 0 bridgehead atoms. The number of benzene rings is 1. The first-order chi connectivity index (χ1) is 11.2. The Labute approximate surface area is 157 Å². The van der Waals surface area contributed by atoms with Crippen molar-refractivity contribution in [3.63, 3.8) is 0 Å². The molecule has 1 rings (SSSR count). The predicted octanol–water partition coefficient (Wildman–Crippen LogP) is 1.93. The van der Waals surface area contributed by atoms with E-state index in [4.69, 9.17) is 5.73 Å². The molecule has 1 aromatic carbocycles. The number of sulfonamides is 1. The van der Waals surface area contributed by atoms with Crippen LogP contribution < -0.4 is 11.1 Å². The third kappa shape index (κ3) is 6.93. The highest BCUT2D eigenvalue weighted by atomic mass is 35.5. The summed E-state index contributed by atoms with van der Waals surface area (Å²) < 4.78 is 26.2. The van der Waals surface area contributed by atoms with E-state index in [9.17, 15) is 13.2 Å². The van der Waals surface area contributed by atoms with Crippen LogP contribution in [0.25, 0.3) is 0 Å². The largest absolute Gasteiger partial charge is 0.350 e. The van der Waals surface area contributed by atoms with Crippen LogP contribution in [0, 0.1) is 0 Å².